The Morgan fingerprint density at radius 1 is 1.24 bits per heavy atom. The Bertz CT molecular complexity index is 1340. The number of pyridine rings is 1. The van der Waals surface area contributed by atoms with Crippen molar-refractivity contribution in [3.63, 3.8) is 0 Å². The molecule has 0 radical (unpaired) electrons. The lowest BCUT2D eigenvalue weighted by Crippen LogP contribution is -2.44. The first-order valence-corrected chi connectivity index (χ1v) is 14.0. The Labute approximate surface area is 232 Å². The van der Waals surface area contributed by atoms with Crippen LogP contribution in [0.25, 0.3) is 16.6 Å². The minimum Gasteiger partial charge on any atom is -0.372 e. The van der Waals surface area contributed by atoms with E-state index in [0.29, 0.717) is 5.71 Å². The average Bonchev–Trinajstić information content (AvgIpc) is 2.94. The highest BCUT2D eigenvalue weighted by atomic mass is 35.5. The van der Waals surface area contributed by atoms with Crippen molar-refractivity contribution in [2.45, 2.75) is 52.4 Å². The minimum atomic E-state index is 0.173. The molecule has 1 aromatic carbocycles. The number of benzene rings is 1. The standard InChI is InChI=1S/C32H38ClN5/c1-6-8-10-23(4)37-15-17-38(18-16-37)24(5)25-11-13-27-30(19-25)36-31-20-26(12-14-28(31)32(27)33)29(9-7-2)35-22(3)21-34/h7,9,11,13,19,26H,2,4-6,8,10,12,14-18,20H2,1,3H3/b29-9-,35-22?. The van der Waals surface area contributed by atoms with E-state index in [-0.39, 0.29) is 5.92 Å². The minimum absolute atomic E-state index is 0.173. The highest BCUT2D eigenvalue weighted by molar-refractivity contribution is 6.36. The summed E-state index contributed by atoms with van der Waals surface area (Å²) in [5, 5.41) is 11.0. The van der Waals surface area contributed by atoms with E-state index in [1.807, 2.05) is 6.08 Å². The van der Waals surface area contributed by atoms with Gasteiger partial charge in [-0.05, 0) is 62.3 Å². The number of allylic oxidation sites excluding steroid dienone is 4. The lowest BCUT2D eigenvalue weighted by atomic mass is 9.84. The number of fused-ring (bicyclic) bond motifs is 2. The van der Waals surface area contributed by atoms with Crippen molar-refractivity contribution in [1.82, 2.24) is 14.8 Å². The van der Waals surface area contributed by atoms with Gasteiger partial charge in [0.1, 0.15) is 11.8 Å². The molecule has 5 nitrogen and oxygen atoms in total. The predicted molar refractivity (Wildman–Crippen MR) is 160 cm³/mol. The number of unbranched alkanes of at least 4 members (excludes halogenated alkanes) is 1. The van der Waals surface area contributed by atoms with Gasteiger partial charge in [-0.3, -0.25) is 4.98 Å². The molecule has 1 saturated heterocycles. The quantitative estimate of drug-likeness (QED) is 0.253. The van der Waals surface area contributed by atoms with Crippen molar-refractivity contribution in [2.75, 3.05) is 26.2 Å². The molecule has 38 heavy (non-hydrogen) atoms. The van der Waals surface area contributed by atoms with Gasteiger partial charge in [-0.15, -0.1) is 0 Å². The van der Waals surface area contributed by atoms with Gasteiger partial charge in [-0.1, -0.05) is 62.9 Å². The van der Waals surface area contributed by atoms with Crippen LogP contribution in [0.4, 0.5) is 0 Å². The fourth-order valence-corrected chi connectivity index (χ4v) is 5.80. The van der Waals surface area contributed by atoms with Crippen molar-refractivity contribution in [3.8, 4) is 6.07 Å². The molecular formula is C32H38ClN5. The Kier molecular flexibility index (Phi) is 9.07. The molecule has 1 aliphatic heterocycles. The Morgan fingerprint density at radius 2 is 1.97 bits per heavy atom. The lowest BCUT2D eigenvalue weighted by molar-refractivity contribution is 0.209. The van der Waals surface area contributed by atoms with E-state index in [2.05, 4.69) is 65.7 Å². The van der Waals surface area contributed by atoms with Crippen LogP contribution < -0.4 is 0 Å². The highest BCUT2D eigenvalue weighted by Gasteiger charge is 2.26. The molecule has 1 aromatic heterocycles. The molecule has 0 saturated carbocycles. The van der Waals surface area contributed by atoms with Gasteiger partial charge in [-0.2, -0.15) is 5.26 Å². The Morgan fingerprint density at radius 3 is 2.66 bits per heavy atom. The summed E-state index contributed by atoms with van der Waals surface area (Å²) in [6.07, 6.45) is 9.59. The number of piperazine rings is 1. The first kappa shape index (κ1) is 27.7. The van der Waals surface area contributed by atoms with E-state index < -0.39 is 0 Å². The number of halogens is 1. The van der Waals surface area contributed by atoms with E-state index in [4.69, 9.17) is 16.6 Å². The van der Waals surface area contributed by atoms with E-state index in [1.165, 1.54) is 18.5 Å². The first-order valence-electron chi connectivity index (χ1n) is 13.6. The smallest absolute Gasteiger partial charge is 0.115 e. The van der Waals surface area contributed by atoms with Gasteiger partial charge in [0.25, 0.3) is 0 Å². The maximum Gasteiger partial charge on any atom is 0.115 e. The molecule has 4 rings (SSSR count). The molecular weight excluding hydrogens is 490 g/mol. The zero-order chi connectivity index (χ0) is 27.2. The van der Waals surface area contributed by atoms with Crippen LogP contribution in [0.3, 0.4) is 0 Å². The normalized spacial score (nSPS) is 18.2. The van der Waals surface area contributed by atoms with Crippen LogP contribution >= 0.6 is 11.6 Å². The maximum atomic E-state index is 9.22. The van der Waals surface area contributed by atoms with Crippen LogP contribution in [0.1, 0.15) is 56.4 Å². The fraction of sp³-hybridized carbons (Fsp3) is 0.406. The first-order chi connectivity index (χ1) is 18.4. The molecule has 1 fully saturated rings. The summed E-state index contributed by atoms with van der Waals surface area (Å²) in [5.41, 5.74) is 7.71. The number of rotatable bonds is 9. The number of hydrogen-bond donors (Lipinski definition) is 0. The van der Waals surface area contributed by atoms with Gasteiger partial charge in [0.2, 0.25) is 0 Å². The van der Waals surface area contributed by atoms with Gasteiger partial charge in [0.15, 0.2) is 0 Å². The number of hydrogen-bond acceptors (Lipinski definition) is 5. The lowest BCUT2D eigenvalue weighted by Gasteiger charge is -2.39. The molecule has 2 aromatic rings. The number of aliphatic imine (C=N–C) groups is 1. The molecule has 0 N–H and O–H groups in total. The van der Waals surface area contributed by atoms with E-state index in [0.717, 1.165) is 96.0 Å². The summed E-state index contributed by atoms with van der Waals surface area (Å²) in [4.78, 5) is 14.4. The summed E-state index contributed by atoms with van der Waals surface area (Å²) in [6.45, 7) is 20.3. The molecule has 2 aliphatic rings. The maximum absolute atomic E-state index is 9.22. The zero-order valence-corrected chi connectivity index (χ0v) is 23.5. The third-order valence-corrected chi connectivity index (χ3v) is 8.14. The zero-order valence-electron chi connectivity index (χ0n) is 22.8. The van der Waals surface area contributed by atoms with Gasteiger partial charge < -0.3 is 9.80 Å². The third kappa shape index (κ3) is 6.03. The van der Waals surface area contributed by atoms with Crippen molar-refractivity contribution in [3.05, 3.63) is 83.3 Å². The van der Waals surface area contributed by atoms with Crippen LogP contribution in [0, 0.1) is 17.2 Å². The summed E-state index contributed by atoms with van der Waals surface area (Å²) >= 11 is 6.93. The Hall–Kier alpha value is -3.36. The van der Waals surface area contributed by atoms with Crippen LogP contribution in [-0.2, 0) is 12.8 Å². The second kappa shape index (κ2) is 12.5. The summed E-state index contributed by atoms with van der Waals surface area (Å²) < 4.78 is 0. The second-order valence-electron chi connectivity index (χ2n) is 10.2. The van der Waals surface area contributed by atoms with E-state index in [9.17, 15) is 5.26 Å². The number of nitrogens with zero attached hydrogens (tertiary/aromatic N) is 5. The molecule has 0 bridgehead atoms. The van der Waals surface area contributed by atoms with Gasteiger partial charge >= 0.3 is 0 Å². The predicted octanol–water partition coefficient (Wildman–Crippen LogP) is 7.34. The molecule has 0 spiro atoms. The largest absolute Gasteiger partial charge is 0.372 e. The summed E-state index contributed by atoms with van der Waals surface area (Å²) in [5.74, 6) is 0.173. The SMILES string of the molecule is C=C/C=C(\N=C(C)C#N)C1CCc2c(nc3cc(C(=C)N4CCN(C(=C)CCCC)CC4)ccc3c2Cl)C1. The van der Waals surface area contributed by atoms with Crippen LogP contribution in [0.2, 0.25) is 5.02 Å². The van der Waals surface area contributed by atoms with Crippen LogP contribution in [0.5, 0.6) is 0 Å². The van der Waals surface area contributed by atoms with Crippen molar-refractivity contribution < 1.29 is 0 Å². The molecule has 2 heterocycles. The number of nitriles is 1. The summed E-state index contributed by atoms with van der Waals surface area (Å²) in [7, 11) is 0. The fourth-order valence-electron chi connectivity index (χ4n) is 5.44. The third-order valence-electron chi connectivity index (χ3n) is 7.71. The van der Waals surface area contributed by atoms with Gasteiger partial charge in [0, 0.05) is 60.3 Å². The molecule has 1 aliphatic carbocycles. The number of aromatic nitrogens is 1. The molecule has 1 atom stereocenters. The van der Waals surface area contributed by atoms with Crippen molar-refractivity contribution >= 4 is 33.9 Å². The molecule has 0 amide bonds. The average molecular weight is 528 g/mol. The van der Waals surface area contributed by atoms with Gasteiger partial charge in [-0.25, -0.2) is 4.99 Å². The van der Waals surface area contributed by atoms with E-state index >= 15 is 0 Å². The molecule has 1 unspecified atom stereocenters. The van der Waals surface area contributed by atoms with Crippen LogP contribution in [0.15, 0.2) is 66.5 Å². The highest BCUT2D eigenvalue weighted by Crippen LogP contribution is 2.38. The molecule has 198 valence electrons. The van der Waals surface area contributed by atoms with Gasteiger partial charge in [0.05, 0.1) is 10.5 Å². The van der Waals surface area contributed by atoms with E-state index in [1.54, 1.807) is 13.0 Å². The second-order valence-corrected chi connectivity index (χ2v) is 10.6. The van der Waals surface area contributed by atoms with Crippen LogP contribution in [-0.4, -0.2) is 46.7 Å². The monoisotopic (exact) mass is 527 g/mol. The Balaban J connectivity index is 1.54. The summed E-state index contributed by atoms with van der Waals surface area (Å²) in [6, 6.07) is 8.45. The molecule has 6 heteroatoms. The van der Waals surface area contributed by atoms with Crippen molar-refractivity contribution in [2.24, 2.45) is 10.9 Å². The topological polar surface area (TPSA) is 55.5 Å². The van der Waals surface area contributed by atoms with Crippen molar-refractivity contribution in [1.29, 1.82) is 5.26 Å².